The van der Waals surface area contributed by atoms with E-state index < -0.39 is 0 Å². The fraction of sp³-hybridized carbons (Fsp3) is 0.667. The first-order valence-electron chi connectivity index (χ1n) is 6.48. The topological polar surface area (TPSA) is 65.7 Å². The van der Waals surface area contributed by atoms with Crippen molar-refractivity contribution in [3.63, 3.8) is 0 Å². The maximum atomic E-state index is 9.55. The van der Waals surface area contributed by atoms with Crippen LogP contribution in [0.5, 0.6) is 0 Å². The Hall–Kier alpha value is -0.830. The van der Waals surface area contributed by atoms with E-state index in [-0.39, 0.29) is 30.1 Å². The minimum atomic E-state index is -0.222. The molecule has 0 unspecified atom stereocenters. The van der Waals surface area contributed by atoms with E-state index in [4.69, 9.17) is 0 Å². The van der Waals surface area contributed by atoms with E-state index in [1.54, 1.807) is 6.20 Å². The van der Waals surface area contributed by atoms with Gasteiger partial charge in [0.05, 0.1) is 19.2 Å². The van der Waals surface area contributed by atoms with Crippen molar-refractivity contribution in [1.82, 2.24) is 20.0 Å². The van der Waals surface area contributed by atoms with Gasteiger partial charge >= 0.3 is 0 Å². The molecule has 0 saturated carbocycles. The van der Waals surface area contributed by atoms with Crippen LogP contribution in [-0.4, -0.2) is 58.0 Å². The standard InChI is InChI=1S/C12H21N5O.HI/c1-2-13-12(16-8-4-11(18)10-16)14-6-9-17-7-3-5-15-17;/h3,5,7,11,18H,2,4,6,8-10H2,1H3,(H,13,14);1H/t11-;/m1./s1. The maximum Gasteiger partial charge on any atom is 0.194 e. The van der Waals surface area contributed by atoms with Crippen molar-refractivity contribution in [2.45, 2.75) is 26.0 Å². The van der Waals surface area contributed by atoms with Gasteiger partial charge in [0, 0.05) is 32.0 Å². The number of aliphatic imine (C=N–C) groups is 1. The highest BCUT2D eigenvalue weighted by Crippen LogP contribution is 2.08. The molecule has 1 fully saturated rings. The lowest BCUT2D eigenvalue weighted by Crippen LogP contribution is -2.40. The summed E-state index contributed by atoms with van der Waals surface area (Å²) in [4.78, 5) is 6.67. The fourth-order valence-corrected chi connectivity index (χ4v) is 2.05. The van der Waals surface area contributed by atoms with Gasteiger partial charge < -0.3 is 15.3 Å². The molecule has 2 heterocycles. The number of rotatable bonds is 4. The first kappa shape index (κ1) is 16.2. The van der Waals surface area contributed by atoms with Crippen LogP contribution in [0.15, 0.2) is 23.5 Å². The zero-order valence-corrected chi connectivity index (χ0v) is 13.5. The minimum Gasteiger partial charge on any atom is -0.391 e. The van der Waals surface area contributed by atoms with E-state index in [2.05, 4.69) is 27.2 Å². The highest BCUT2D eigenvalue weighted by Gasteiger charge is 2.22. The molecule has 2 rings (SSSR count). The fourth-order valence-electron chi connectivity index (χ4n) is 2.05. The number of likely N-dealkylation sites (tertiary alicyclic amines) is 1. The molecule has 1 aromatic rings. The Morgan fingerprint density at radius 3 is 3.00 bits per heavy atom. The molecule has 1 atom stereocenters. The highest BCUT2D eigenvalue weighted by molar-refractivity contribution is 14.0. The molecule has 0 radical (unpaired) electrons. The number of aliphatic hydroxyl groups is 1. The second-order valence-electron chi connectivity index (χ2n) is 4.39. The van der Waals surface area contributed by atoms with Gasteiger partial charge in [0.2, 0.25) is 0 Å². The van der Waals surface area contributed by atoms with E-state index in [9.17, 15) is 5.11 Å². The van der Waals surface area contributed by atoms with E-state index in [0.29, 0.717) is 13.1 Å². The second kappa shape index (κ2) is 8.36. The summed E-state index contributed by atoms with van der Waals surface area (Å²) in [7, 11) is 0. The first-order valence-corrected chi connectivity index (χ1v) is 6.48. The van der Waals surface area contributed by atoms with Crippen LogP contribution in [0.3, 0.4) is 0 Å². The third-order valence-corrected chi connectivity index (χ3v) is 2.95. The van der Waals surface area contributed by atoms with E-state index in [1.165, 1.54) is 0 Å². The van der Waals surface area contributed by atoms with E-state index in [1.807, 2.05) is 16.9 Å². The summed E-state index contributed by atoms with van der Waals surface area (Å²) in [6.45, 7) is 5.90. The molecule has 19 heavy (non-hydrogen) atoms. The SMILES string of the molecule is CCNC(=NCCn1cccn1)N1CC[C@@H](O)C1.I. The predicted molar refractivity (Wildman–Crippen MR) is 85.8 cm³/mol. The number of guanidine groups is 1. The van der Waals surface area contributed by atoms with Crippen molar-refractivity contribution in [2.75, 3.05) is 26.2 Å². The third kappa shape index (κ3) is 4.98. The van der Waals surface area contributed by atoms with Gasteiger partial charge in [-0.15, -0.1) is 24.0 Å². The maximum absolute atomic E-state index is 9.55. The molecule has 0 amide bonds. The lowest BCUT2D eigenvalue weighted by Gasteiger charge is -2.20. The molecule has 7 heteroatoms. The van der Waals surface area contributed by atoms with Gasteiger partial charge in [-0.25, -0.2) is 0 Å². The van der Waals surface area contributed by atoms with Crippen LogP contribution in [0, 0.1) is 0 Å². The zero-order chi connectivity index (χ0) is 12.8. The summed E-state index contributed by atoms with van der Waals surface area (Å²) in [6.07, 6.45) is 4.30. The Balaban J connectivity index is 0.00000180. The second-order valence-corrected chi connectivity index (χ2v) is 4.39. The number of nitrogens with one attached hydrogen (secondary N) is 1. The number of aromatic nitrogens is 2. The summed E-state index contributed by atoms with van der Waals surface area (Å²) < 4.78 is 1.87. The number of hydrogen-bond acceptors (Lipinski definition) is 3. The molecule has 0 bridgehead atoms. The van der Waals surface area contributed by atoms with Crippen LogP contribution < -0.4 is 5.32 Å². The van der Waals surface area contributed by atoms with Crippen LogP contribution in [-0.2, 0) is 6.54 Å². The van der Waals surface area contributed by atoms with Crippen molar-refractivity contribution >= 4 is 29.9 Å². The summed E-state index contributed by atoms with van der Waals surface area (Å²) >= 11 is 0. The third-order valence-electron chi connectivity index (χ3n) is 2.95. The van der Waals surface area contributed by atoms with Gasteiger partial charge in [-0.2, -0.15) is 5.10 Å². The molecule has 0 aromatic carbocycles. The molecule has 1 aromatic heterocycles. The highest BCUT2D eigenvalue weighted by atomic mass is 127. The van der Waals surface area contributed by atoms with Gasteiger partial charge in [-0.1, -0.05) is 0 Å². The van der Waals surface area contributed by atoms with Crippen molar-refractivity contribution in [2.24, 2.45) is 4.99 Å². The molecule has 1 aliphatic heterocycles. The number of hydrogen-bond donors (Lipinski definition) is 2. The average molecular weight is 379 g/mol. The quantitative estimate of drug-likeness (QED) is 0.455. The van der Waals surface area contributed by atoms with Crippen LogP contribution >= 0.6 is 24.0 Å². The number of nitrogens with zero attached hydrogens (tertiary/aromatic N) is 4. The molecule has 108 valence electrons. The summed E-state index contributed by atoms with van der Waals surface area (Å²) in [5, 5.41) is 17.0. The Kier molecular flexibility index (Phi) is 7.14. The lowest BCUT2D eigenvalue weighted by molar-refractivity contribution is 0.188. The molecule has 0 spiro atoms. The van der Waals surface area contributed by atoms with E-state index >= 15 is 0 Å². The smallest absolute Gasteiger partial charge is 0.194 e. The van der Waals surface area contributed by atoms with Gasteiger partial charge in [-0.05, 0) is 19.4 Å². The van der Waals surface area contributed by atoms with Gasteiger partial charge in [-0.3, -0.25) is 9.67 Å². The van der Waals surface area contributed by atoms with Crippen molar-refractivity contribution < 1.29 is 5.11 Å². The summed E-state index contributed by atoms with van der Waals surface area (Å²) in [6, 6.07) is 1.91. The molecular weight excluding hydrogens is 357 g/mol. The van der Waals surface area contributed by atoms with Crippen LogP contribution in [0.1, 0.15) is 13.3 Å². The number of β-amino-alcohol motifs (C(OH)–C–C–N with tert-alkyl or cyclic N) is 1. The molecule has 1 saturated heterocycles. The monoisotopic (exact) mass is 379 g/mol. The van der Waals surface area contributed by atoms with Gasteiger partial charge in [0.25, 0.3) is 0 Å². The van der Waals surface area contributed by atoms with Crippen LogP contribution in [0.25, 0.3) is 0 Å². The minimum absolute atomic E-state index is 0. The van der Waals surface area contributed by atoms with Crippen LogP contribution in [0.2, 0.25) is 0 Å². The largest absolute Gasteiger partial charge is 0.391 e. The van der Waals surface area contributed by atoms with Crippen LogP contribution in [0.4, 0.5) is 0 Å². The Morgan fingerprint density at radius 2 is 2.42 bits per heavy atom. The normalized spacial score (nSPS) is 19.4. The molecule has 1 aliphatic rings. The first-order chi connectivity index (χ1) is 8.79. The molecule has 2 N–H and O–H groups in total. The lowest BCUT2D eigenvalue weighted by atomic mass is 10.3. The number of aliphatic hydroxyl groups excluding tert-OH is 1. The van der Waals surface area contributed by atoms with Crippen molar-refractivity contribution in [3.05, 3.63) is 18.5 Å². The van der Waals surface area contributed by atoms with Crippen molar-refractivity contribution in [3.8, 4) is 0 Å². The average Bonchev–Trinajstić information content (AvgIpc) is 2.99. The molecule has 0 aliphatic carbocycles. The Labute approximate surface area is 130 Å². The van der Waals surface area contributed by atoms with Gasteiger partial charge in [0.15, 0.2) is 5.96 Å². The Bertz CT molecular complexity index is 381. The Morgan fingerprint density at radius 1 is 1.58 bits per heavy atom. The van der Waals surface area contributed by atoms with E-state index in [0.717, 1.165) is 32.0 Å². The number of halogens is 1. The summed E-state index contributed by atoms with van der Waals surface area (Å²) in [5.74, 6) is 0.890. The predicted octanol–water partition coefficient (Wildman–Crippen LogP) is 0.533. The zero-order valence-electron chi connectivity index (χ0n) is 11.2. The van der Waals surface area contributed by atoms with Crippen molar-refractivity contribution in [1.29, 1.82) is 0 Å². The molecular formula is C12H22IN5O. The molecule has 6 nitrogen and oxygen atoms in total. The summed E-state index contributed by atoms with van der Waals surface area (Å²) in [5.41, 5.74) is 0. The van der Waals surface area contributed by atoms with Gasteiger partial charge in [0.1, 0.15) is 0 Å².